The normalized spacial score (nSPS) is 19.4. The lowest BCUT2D eigenvalue weighted by Crippen LogP contribution is -2.41. The zero-order chi connectivity index (χ0) is 23.5. The first-order valence-electron chi connectivity index (χ1n) is 12.0. The minimum Gasteiger partial charge on any atom is -0.367 e. The molecule has 5 heterocycles. The summed E-state index contributed by atoms with van der Waals surface area (Å²) in [5, 5.41) is 7.82. The third kappa shape index (κ3) is 5.20. The van der Waals surface area contributed by atoms with Gasteiger partial charge in [-0.15, -0.1) is 0 Å². The molecule has 1 unspecified atom stereocenters. The zero-order valence-corrected chi connectivity index (χ0v) is 20.4. The Hall–Kier alpha value is -3.04. The number of piperidine rings is 1. The number of likely N-dealkylation sites (tertiary alicyclic amines) is 2. The molecule has 2 aliphatic rings. The van der Waals surface area contributed by atoms with Gasteiger partial charge in [0.25, 0.3) is 0 Å². The van der Waals surface area contributed by atoms with E-state index in [0.29, 0.717) is 6.04 Å². The van der Waals surface area contributed by atoms with Gasteiger partial charge in [0.2, 0.25) is 5.91 Å². The van der Waals surface area contributed by atoms with E-state index in [2.05, 4.69) is 51.1 Å². The van der Waals surface area contributed by atoms with Gasteiger partial charge in [-0.05, 0) is 75.1 Å². The number of aromatic nitrogens is 3. The number of nitrogens with zero attached hydrogens (tertiary/aromatic N) is 5. The van der Waals surface area contributed by atoms with Crippen molar-refractivity contribution in [2.45, 2.75) is 51.2 Å². The Morgan fingerprint density at radius 3 is 2.76 bits per heavy atom. The molecule has 178 valence electrons. The van der Waals surface area contributed by atoms with Crippen molar-refractivity contribution in [2.24, 2.45) is 0 Å². The van der Waals surface area contributed by atoms with E-state index < -0.39 is 0 Å². The standard InChI is InChI=1S/C25H31N7OS/c1-3-23(33)31-12-8-19(9-13-31)27-21-14-18(16-32-11-5-6-17(32)2)15-22(29-21)30-25-28-20-7-4-10-26-24(20)34-25/h3-4,7,10,14-15,17,19H,1,5-6,8-9,11-13,16H2,2H3,(H2,27,28,29,30). The molecule has 0 bridgehead atoms. The largest absolute Gasteiger partial charge is 0.367 e. The van der Waals surface area contributed by atoms with Crippen LogP contribution in [0.5, 0.6) is 0 Å². The van der Waals surface area contributed by atoms with Gasteiger partial charge in [0.1, 0.15) is 22.0 Å². The van der Waals surface area contributed by atoms with Crippen molar-refractivity contribution in [1.82, 2.24) is 24.8 Å². The van der Waals surface area contributed by atoms with Crippen molar-refractivity contribution in [3.63, 3.8) is 0 Å². The lowest BCUT2D eigenvalue weighted by molar-refractivity contribution is -0.126. The minimum absolute atomic E-state index is 0.00937. The molecule has 0 saturated carbocycles. The quantitative estimate of drug-likeness (QED) is 0.488. The summed E-state index contributed by atoms with van der Waals surface area (Å²) in [7, 11) is 0. The first kappa shape index (κ1) is 22.7. The van der Waals surface area contributed by atoms with Gasteiger partial charge in [0.15, 0.2) is 5.13 Å². The number of hydrogen-bond acceptors (Lipinski definition) is 8. The van der Waals surface area contributed by atoms with Crippen LogP contribution in [0.25, 0.3) is 10.3 Å². The van der Waals surface area contributed by atoms with Crippen LogP contribution in [0.3, 0.4) is 0 Å². The second-order valence-electron chi connectivity index (χ2n) is 9.13. The summed E-state index contributed by atoms with van der Waals surface area (Å²) in [6, 6.07) is 9.04. The molecule has 5 rings (SSSR count). The molecule has 8 nitrogen and oxygen atoms in total. The van der Waals surface area contributed by atoms with E-state index in [9.17, 15) is 4.79 Å². The Morgan fingerprint density at radius 2 is 2.03 bits per heavy atom. The molecule has 34 heavy (non-hydrogen) atoms. The zero-order valence-electron chi connectivity index (χ0n) is 19.5. The number of carbonyl (C=O) groups is 1. The predicted molar refractivity (Wildman–Crippen MR) is 137 cm³/mol. The van der Waals surface area contributed by atoms with Crippen molar-refractivity contribution >= 4 is 44.4 Å². The molecule has 3 aromatic heterocycles. The minimum atomic E-state index is 0.00937. The van der Waals surface area contributed by atoms with E-state index in [-0.39, 0.29) is 11.9 Å². The van der Waals surface area contributed by atoms with E-state index in [1.54, 1.807) is 6.20 Å². The number of amides is 1. The molecule has 0 spiro atoms. The van der Waals surface area contributed by atoms with Crippen LogP contribution in [-0.4, -0.2) is 62.4 Å². The van der Waals surface area contributed by atoms with Crippen LogP contribution in [0.15, 0.2) is 43.1 Å². The molecule has 1 atom stereocenters. The van der Waals surface area contributed by atoms with Crippen LogP contribution in [0.1, 0.15) is 38.2 Å². The average Bonchev–Trinajstić information content (AvgIpc) is 3.44. The summed E-state index contributed by atoms with van der Waals surface area (Å²) in [5.41, 5.74) is 2.11. The molecule has 9 heteroatoms. The Balaban J connectivity index is 1.34. The maximum Gasteiger partial charge on any atom is 0.245 e. The third-order valence-corrected chi connectivity index (χ3v) is 7.59. The Kier molecular flexibility index (Phi) is 6.73. The fraction of sp³-hybridized carbons (Fsp3) is 0.440. The SMILES string of the molecule is C=CC(=O)N1CCC(Nc2cc(CN3CCCC3C)cc(Nc3nc4cccnc4s3)n2)CC1. The second-order valence-corrected chi connectivity index (χ2v) is 10.1. The highest BCUT2D eigenvalue weighted by molar-refractivity contribution is 7.21. The van der Waals surface area contributed by atoms with Gasteiger partial charge in [0.05, 0.1) is 0 Å². The summed E-state index contributed by atoms with van der Waals surface area (Å²) < 4.78 is 0. The second kappa shape index (κ2) is 10.1. The smallest absolute Gasteiger partial charge is 0.245 e. The number of carbonyl (C=O) groups excluding carboxylic acids is 1. The molecule has 1 amide bonds. The number of thiazole rings is 1. The molecule has 2 saturated heterocycles. The molecule has 2 aliphatic heterocycles. The van der Waals surface area contributed by atoms with E-state index in [4.69, 9.17) is 4.98 Å². The topological polar surface area (TPSA) is 86.3 Å². The number of rotatable bonds is 7. The van der Waals surface area contributed by atoms with Gasteiger partial charge in [-0.25, -0.2) is 15.0 Å². The third-order valence-electron chi connectivity index (χ3n) is 6.70. The van der Waals surface area contributed by atoms with Crippen molar-refractivity contribution in [2.75, 3.05) is 30.3 Å². The van der Waals surface area contributed by atoms with Crippen molar-refractivity contribution < 1.29 is 4.79 Å². The predicted octanol–water partition coefficient (Wildman–Crippen LogP) is 4.40. The monoisotopic (exact) mass is 477 g/mol. The van der Waals surface area contributed by atoms with Crippen molar-refractivity contribution in [1.29, 1.82) is 0 Å². The molecular formula is C25H31N7OS. The summed E-state index contributed by atoms with van der Waals surface area (Å²) in [5.74, 6) is 1.65. The van der Waals surface area contributed by atoms with Crippen molar-refractivity contribution in [3.05, 3.63) is 48.7 Å². The van der Waals surface area contributed by atoms with Gasteiger partial charge in [-0.3, -0.25) is 9.69 Å². The molecule has 0 radical (unpaired) electrons. The first-order chi connectivity index (χ1) is 16.6. The van der Waals surface area contributed by atoms with Crippen LogP contribution >= 0.6 is 11.3 Å². The number of pyridine rings is 2. The highest BCUT2D eigenvalue weighted by Gasteiger charge is 2.23. The fourth-order valence-corrected chi connectivity index (χ4v) is 5.61. The number of hydrogen-bond donors (Lipinski definition) is 2. The van der Waals surface area contributed by atoms with Crippen LogP contribution in [0.4, 0.5) is 16.8 Å². The molecule has 0 aliphatic carbocycles. The van der Waals surface area contributed by atoms with Gasteiger partial charge in [0, 0.05) is 37.9 Å². The van der Waals surface area contributed by atoms with Gasteiger partial charge >= 0.3 is 0 Å². The summed E-state index contributed by atoms with van der Waals surface area (Å²) in [4.78, 5) is 31.1. The molecule has 2 N–H and O–H groups in total. The Labute approximate surface area is 204 Å². The van der Waals surface area contributed by atoms with Gasteiger partial charge < -0.3 is 15.5 Å². The van der Waals surface area contributed by atoms with Crippen molar-refractivity contribution in [3.8, 4) is 0 Å². The number of anilines is 3. The first-order valence-corrected chi connectivity index (χ1v) is 12.8. The van der Waals surface area contributed by atoms with Crippen LogP contribution in [0, 0.1) is 0 Å². The molecule has 0 aromatic carbocycles. The summed E-state index contributed by atoms with van der Waals surface area (Å²) in [6.07, 6.45) is 7.47. The summed E-state index contributed by atoms with van der Waals surface area (Å²) in [6.45, 7) is 9.41. The number of fused-ring (bicyclic) bond motifs is 1. The molecule has 2 fully saturated rings. The highest BCUT2D eigenvalue weighted by atomic mass is 32.1. The highest BCUT2D eigenvalue weighted by Crippen LogP contribution is 2.28. The molecular weight excluding hydrogens is 446 g/mol. The lowest BCUT2D eigenvalue weighted by Gasteiger charge is -2.32. The Bertz CT molecular complexity index is 1140. The lowest BCUT2D eigenvalue weighted by atomic mass is 10.0. The van der Waals surface area contributed by atoms with Crippen LogP contribution < -0.4 is 10.6 Å². The summed E-state index contributed by atoms with van der Waals surface area (Å²) >= 11 is 1.53. The van der Waals surface area contributed by atoms with Gasteiger partial charge in [-0.1, -0.05) is 17.9 Å². The fourth-order valence-electron chi connectivity index (χ4n) is 4.79. The van der Waals surface area contributed by atoms with E-state index in [0.717, 1.165) is 66.1 Å². The average molecular weight is 478 g/mol. The Morgan fingerprint density at radius 1 is 1.21 bits per heavy atom. The number of nitrogens with one attached hydrogen (secondary N) is 2. The van der Waals surface area contributed by atoms with E-state index in [1.165, 1.54) is 35.8 Å². The van der Waals surface area contributed by atoms with Crippen LogP contribution in [0.2, 0.25) is 0 Å². The van der Waals surface area contributed by atoms with Gasteiger partial charge in [-0.2, -0.15) is 0 Å². The molecule has 3 aromatic rings. The van der Waals surface area contributed by atoms with E-state index in [1.807, 2.05) is 17.0 Å². The van der Waals surface area contributed by atoms with E-state index >= 15 is 0 Å². The maximum atomic E-state index is 11.9. The maximum absolute atomic E-state index is 11.9. The van der Waals surface area contributed by atoms with Crippen LogP contribution in [-0.2, 0) is 11.3 Å².